The fraction of sp³-hybridized carbons (Fsp3) is 1.00. The Hall–Kier alpha value is -0.0800. The lowest BCUT2D eigenvalue weighted by molar-refractivity contribution is 0.0542. The number of fused-ring (bicyclic) bond motifs is 3. The van der Waals surface area contributed by atoms with Crippen LogP contribution in [0.4, 0.5) is 0 Å². The van der Waals surface area contributed by atoms with Crippen LogP contribution in [-0.4, -0.2) is 30.6 Å². The van der Waals surface area contributed by atoms with Gasteiger partial charge in [-0.3, -0.25) is 0 Å². The molecule has 0 amide bonds. The van der Waals surface area contributed by atoms with Crippen molar-refractivity contribution in [2.75, 3.05) is 13.6 Å². The molecule has 2 heterocycles. The molecule has 3 atom stereocenters. The van der Waals surface area contributed by atoms with Crippen LogP contribution in [0, 0.1) is 5.92 Å². The van der Waals surface area contributed by atoms with E-state index in [1.165, 1.54) is 25.8 Å². The maximum absolute atomic E-state index is 5.97. The summed E-state index contributed by atoms with van der Waals surface area (Å²) in [5.74, 6) is 0.907. The SMILES string of the molecule is CN1C[C@@H]2CC[C@H]1[C@@H](N)C2. The number of nitrogens with two attached hydrogens (primary N) is 1. The van der Waals surface area contributed by atoms with Gasteiger partial charge in [0, 0.05) is 18.6 Å². The molecule has 3 fully saturated rings. The molecule has 0 unspecified atom stereocenters. The zero-order valence-electron chi connectivity index (χ0n) is 6.59. The highest BCUT2D eigenvalue weighted by molar-refractivity contribution is 4.94. The minimum absolute atomic E-state index is 0.470. The van der Waals surface area contributed by atoms with Gasteiger partial charge in [-0.25, -0.2) is 0 Å². The second-order valence-corrected chi connectivity index (χ2v) is 3.85. The summed E-state index contributed by atoms with van der Waals surface area (Å²) in [6, 6.07) is 1.17. The third-order valence-corrected chi connectivity index (χ3v) is 3.08. The van der Waals surface area contributed by atoms with E-state index in [2.05, 4.69) is 11.9 Å². The van der Waals surface area contributed by atoms with Crippen LogP contribution in [0.15, 0.2) is 0 Å². The lowest BCUT2D eigenvalue weighted by Crippen LogP contribution is -2.57. The Labute approximate surface area is 62.4 Å². The van der Waals surface area contributed by atoms with Crippen molar-refractivity contribution in [1.82, 2.24) is 4.90 Å². The van der Waals surface area contributed by atoms with E-state index in [9.17, 15) is 0 Å². The van der Waals surface area contributed by atoms with Crippen molar-refractivity contribution in [3.8, 4) is 0 Å². The van der Waals surface area contributed by atoms with Gasteiger partial charge in [0.25, 0.3) is 0 Å². The van der Waals surface area contributed by atoms with Crippen molar-refractivity contribution >= 4 is 0 Å². The molecule has 2 N–H and O–H groups in total. The van der Waals surface area contributed by atoms with Crippen LogP contribution in [-0.2, 0) is 0 Å². The van der Waals surface area contributed by atoms with Crippen molar-refractivity contribution in [3.63, 3.8) is 0 Å². The van der Waals surface area contributed by atoms with Gasteiger partial charge < -0.3 is 10.6 Å². The highest BCUT2D eigenvalue weighted by Gasteiger charge is 2.36. The molecule has 3 aliphatic rings. The summed E-state index contributed by atoms with van der Waals surface area (Å²) >= 11 is 0. The van der Waals surface area contributed by atoms with E-state index >= 15 is 0 Å². The monoisotopic (exact) mass is 140 g/mol. The predicted molar refractivity (Wildman–Crippen MR) is 41.7 cm³/mol. The lowest BCUT2D eigenvalue weighted by atomic mass is 9.77. The first-order chi connectivity index (χ1) is 4.77. The topological polar surface area (TPSA) is 29.3 Å². The van der Waals surface area contributed by atoms with Gasteiger partial charge in [-0.15, -0.1) is 0 Å². The average molecular weight is 140 g/mol. The van der Waals surface area contributed by atoms with E-state index in [-0.39, 0.29) is 0 Å². The molecule has 1 aliphatic carbocycles. The van der Waals surface area contributed by atoms with Crippen molar-refractivity contribution in [2.24, 2.45) is 11.7 Å². The van der Waals surface area contributed by atoms with Gasteiger partial charge in [0.1, 0.15) is 0 Å². The van der Waals surface area contributed by atoms with Gasteiger partial charge in [0.2, 0.25) is 0 Å². The summed E-state index contributed by atoms with van der Waals surface area (Å²) in [7, 11) is 2.20. The first kappa shape index (κ1) is 6.62. The van der Waals surface area contributed by atoms with Crippen LogP contribution in [0.5, 0.6) is 0 Å². The molecule has 2 bridgehead atoms. The van der Waals surface area contributed by atoms with E-state index < -0.39 is 0 Å². The number of hydrogen-bond acceptors (Lipinski definition) is 2. The van der Waals surface area contributed by atoms with E-state index in [1.54, 1.807) is 0 Å². The van der Waals surface area contributed by atoms with Gasteiger partial charge in [-0.2, -0.15) is 0 Å². The molecule has 0 radical (unpaired) electrons. The Morgan fingerprint density at radius 3 is 2.60 bits per heavy atom. The number of likely N-dealkylation sites (N-methyl/N-ethyl adjacent to an activating group) is 1. The molecular weight excluding hydrogens is 124 g/mol. The minimum Gasteiger partial charge on any atom is -0.326 e. The third-order valence-electron chi connectivity index (χ3n) is 3.08. The summed E-state index contributed by atoms with van der Waals surface area (Å²) in [6.07, 6.45) is 4.03. The molecule has 2 nitrogen and oxygen atoms in total. The summed E-state index contributed by atoms with van der Waals surface area (Å²) in [5.41, 5.74) is 5.97. The standard InChI is InChI=1S/C8H16N2/c1-10-5-6-2-3-8(10)7(9)4-6/h6-8H,2-5,9H2,1H3/t6-,7+,8+/m1/s1. The summed E-state index contributed by atoms with van der Waals surface area (Å²) in [4.78, 5) is 2.43. The number of rotatable bonds is 0. The lowest BCUT2D eigenvalue weighted by Gasteiger charge is -2.47. The Bertz CT molecular complexity index is 123. The first-order valence-corrected chi connectivity index (χ1v) is 4.23. The van der Waals surface area contributed by atoms with Gasteiger partial charge in [-0.05, 0) is 32.2 Å². The summed E-state index contributed by atoms with van der Waals surface area (Å²) in [6.45, 7) is 1.29. The largest absolute Gasteiger partial charge is 0.326 e. The van der Waals surface area contributed by atoms with Gasteiger partial charge in [-0.1, -0.05) is 0 Å². The minimum atomic E-state index is 0.470. The normalized spacial score (nSPS) is 48.0. The third kappa shape index (κ3) is 0.867. The van der Waals surface area contributed by atoms with E-state index in [4.69, 9.17) is 5.73 Å². The van der Waals surface area contributed by atoms with Crippen LogP contribution in [0.1, 0.15) is 19.3 Å². The highest BCUT2D eigenvalue weighted by atomic mass is 15.2. The Morgan fingerprint density at radius 1 is 1.40 bits per heavy atom. The molecule has 58 valence electrons. The second kappa shape index (κ2) is 2.21. The highest BCUT2D eigenvalue weighted by Crippen LogP contribution is 2.32. The maximum atomic E-state index is 5.97. The fourth-order valence-electron chi connectivity index (χ4n) is 2.54. The smallest absolute Gasteiger partial charge is 0.0244 e. The fourth-order valence-corrected chi connectivity index (χ4v) is 2.54. The molecule has 0 aromatic rings. The molecular formula is C8H16N2. The van der Waals surface area contributed by atoms with Crippen molar-refractivity contribution in [3.05, 3.63) is 0 Å². The molecule has 0 aromatic carbocycles. The van der Waals surface area contributed by atoms with Crippen molar-refractivity contribution in [1.29, 1.82) is 0 Å². The molecule has 2 aliphatic heterocycles. The van der Waals surface area contributed by atoms with E-state index in [0.717, 1.165) is 5.92 Å². The quantitative estimate of drug-likeness (QED) is 0.528. The molecule has 10 heavy (non-hydrogen) atoms. The Kier molecular flexibility index (Phi) is 1.46. The number of hydrogen-bond donors (Lipinski definition) is 1. The first-order valence-electron chi connectivity index (χ1n) is 4.23. The second-order valence-electron chi connectivity index (χ2n) is 3.85. The molecule has 2 saturated heterocycles. The van der Waals surface area contributed by atoms with Crippen molar-refractivity contribution in [2.45, 2.75) is 31.3 Å². The van der Waals surface area contributed by atoms with Crippen LogP contribution >= 0.6 is 0 Å². The zero-order valence-corrected chi connectivity index (χ0v) is 6.59. The molecule has 1 saturated carbocycles. The van der Waals surface area contributed by atoms with Gasteiger partial charge >= 0.3 is 0 Å². The molecule has 0 aromatic heterocycles. The maximum Gasteiger partial charge on any atom is 0.0244 e. The van der Waals surface area contributed by atoms with Crippen LogP contribution in [0.25, 0.3) is 0 Å². The van der Waals surface area contributed by atoms with Crippen LogP contribution in [0.2, 0.25) is 0 Å². The Morgan fingerprint density at radius 2 is 2.20 bits per heavy atom. The average Bonchev–Trinajstić information content (AvgIpc) is 1.86. The predicted octanol–water partition coefficient (Wildman–Crippen LogP) is 0.428. The van der Waals surface area contributed by atoms with Crippen molar-refractivity contribution < 1.29 is 0 Å². The molecule has 0 spiro atoms. The zero-order chi connectivity index (χ0) is 7.14. The number of nitrogens with zero attached hydrogens (tertiary/aromatic N) is 1. The van der Waals surface area contributed by atoms with Crippen LogP contribution < -0.4 is 5.73 Å². The Balaban J connectivity index is 2.11. The van der Waals surface area contributed by atoms with E-state index in [1.807, 2.05) is 0 Å². The van der Waals surface area contributed by atoms with Gasteiger partial charge in [0.05, 0.1) is 0 Å². The van der Waals surface area contributed by atoms with Gasteiger partial charge in [0.15, 0.2) is 0 Å². The summed E-state index contributed by atoms with van der Waals surface area (Å²) < 4.78 is 0. The number of piperidine rings is 2. The van der Waals surface area contributed by atoms with E-state index in [0.29, 0.717) is 12.1 Å². The molecule has 2 heteroatoms. The molecule has 3 rings (SSSR count). The summed E-state index contributed by atoms with van der Waals surface area (Å²) in [5, 5.41) is 0. The van der Waals surface area contributed by atoms with Crippen LogP contribution in [0.3, 0.4) is 0 Å².